The molecule has 168 valence electrons. The summed E-state index contributed by atoms with van der Waals surface area (Å²) in [6, 6.07) is 20.6. The smallest absolute Gasteiger partial charge is 0.336 e. The Hall–Kier alpha value is -3.75. The molecule has 0 saturated carbocycles. The normalized spacial score (nSPS) is 12.4. The van der Waals surface area contributed by atoms with Crippen LogP contribution in [-0.2, 0) is 14.8 Å². The first-order valence-corrected chi connectivity index (χ1v) is 11.7. The summed E-state index contributed by atoms with van der Waals surface area (Å²) in [4.78, 5) is 24.7. The summed E-state index contributed by atoms with van der Waals surface area (Å²) in [7, 11) is -3.90. The van der Waals surface area contributed by atoms with Gasteiger partial charge in [0, 0.05) is 17.5 Å². The van der Waals surface area contributed by atoms with Gasteiger partial charge in [-0.3, -0.25) is 0 Å². The Balaban J connectivity index is 1.55. The van der Waals surface area contributed by atoms with E-state index in [4.69, 9.17) is 9.15 Å². The van der Waals surface area contributed by atoms with Crippen LogP contribution in [0.3, 0.4) is 0 Å². The van der Waals surface area contributed by atoms with Gasteiger partial charge in [0.2, 0.25) is 10.0 Å². The number of benzene rings is 3. The molecule has 33 heavy (non-hydrogen) atoms. The Morgan fingerprint density at radius 1 is 0.970 bits per heavy atom. The molecule has 1 N–H and O–H groups in total. The van der Waals surface area contributed by atoms with E-state index in [9.17, 15) is 18.0 Å². The van der Waals surface area contributed by atoms with Crippen LogP contribution in [0.1, 0.15) is 12.5 Å². The fourth-order valence-corrected chi connectivity index (χ4v) is 4.53. The van der Waals surface area contributed by atoms with Crippen molar-refractivity contribution >= 4 is 27.0 Å². The average Bonchev–Trinajstić information content (AvgIpc) is 2.79. The van der Waals surface area contributed by atoms with Gasteiger partial charge < -0.3 is 9.15 Å². The molecule has 0 fully saturated rings. The second-order valence-corrected chi connectivity index (χ2v) is 9.29. The maximum absolute atomic E-state index is 12.5. The second-order valence-electron chi connectivity index (χ2n) is 7.58. The fraction of sp³-hybridized carbons (Fsp3) is 0.120. The number of ether oxygens (including phenoxy) is 1. The number of sulfonamides is 1. The van der Waals surface area contributed by atoms with E-state index in [2.05, 4.69) is 4.72 Å². The van der Waals surface area contributed by atoms with Gasteiger partial charge in [0.15, 0.2) is 0 Å². The first-order valence-electron chi connectivity index (χ1n) is 10.2. The molecule has 7 nitrogen and oxygen atoms in total. The second kappa shape index (κ2) is 9.01. The monoisotopic (exact) mass is 463 g/mol. The maximum Gasteiger partial charge on any atom is 0.336 e. The summed E-state index contributed by atoms with van der Waals surface area (Å²) in [5.41, 5.74) is 2.17. The third kappa shape index (κ3) is 5.02. The first kappa shape index (κ1) is 22.4. The predicted octanol–water partition coefficient (Wildman–Crippen LogP) is 4.04. The minimum Gasteiger partial charge on any atom is -0.425 e. The molecule has 0 spiro atoms. The number of hydrogen-bond donors (Lipinski definition) is 1. The summed E-state index contributed by atoms with van der Waals surface area (Å²) >= 11 is 0. The van der Waals surface area contributed by atoms with Gasteiger partial charge in [0.1, 0.15) is 17.4 Å². The molecule has 0 aliphatic carbocycles. The molecule has 0 saturated heterocycles. The Kier molecular flexibility index (Phi) is 6.13. The standard InChI is InChI=1S/C25H21NO6S/c1-16-8-11-20(12-9-16)33(29,30)26-17(2)25(28)31-19-10-13-21-22(18-6-4-3-5-7-18)15-24(27)32-23(21)14-19/h3-15,17,26H,1-2H3. The SMILES string of the molecule is Cc1ccc(S(=O)(=O)NC(C)C(=O)Oc2ccc3c(-c4ccccc4)cc(=O)oc3c2)cc1. The summed E-state index contributed by atoms with van der Waals surface area (Å²) in [5.74, 6) is -0.672. The van der Waals surface area contributed by atoms with E-state index in [1.165, 1.54) is 31.2 Å². The van der Waals surface area contributed by atoms with Crippen molar-refractivity contribution in [1.82, 2.24) is 4.72 Å². The molecule has 4 rings (SSSR count). The summed E-state index contributed by atoms with van der Waals surface area (Å²) < 4.78 is 38.0. The van der Waals surface area contributed by atoms with Crippen molar-refractivity contribution in [3.63, 3.8) is 0 Å². The van der Waals surface area contributed by atoms with Crippen LogP contribution in [0.5, 0.6) is 5.75 Å². The summed E-state index contributed by atoms with van der Waals surface area (Å²) in [5, 5.41) is 0.675. The zero-order chi connectivity index (χ0) is 23.6. The molecule has 0 aliphatic rings. The molecule has 1 atom stereocenters. The number of carbonyl (C=O) groups is 1. The van der Waals surface area contributed by atoms with Gasteiger partial charge in [0.05, 0.1) is 4.90 Å². The molecule has 8 heteroatoms. The molecular formula is C25H21NO6S. The van der Waals surface area contributed by atoms with E-state index in [-0.39, 0.29) is 16.2 Å². The molecule has 1 unspecified atom stereocenters. The third-order valence-electron chi connectivity index (χ3n) is 5.04. The lowest BCUT2D eigenvalue weighted by molar-refractivity contribution is -0.135. The average molecular weight is 464 g/mol. The van der Waals surface area contributed by atoms with Crippen LogP contribution in [0.15, 0.2) is 93.0 Å². The molecule has 0 bridgehead atoms. The number of esters is 1. The maximum atomic E-state index is 12.5. The van der Waals surface area contributed by atoms with Crippen LogP contribution >= 0.6 is 0 Å². The highest BCUT2D eigenvalue weighted by atomic mass is 32.2. The van der Waals surface area contributed by atoms with E-state index in [0.29, 0.717) is 10.9 Å². The van der Waals surface area contributed by atoms with Gasteiger partial charge in [-0.1, -0.05) is 48.0 Å². The lowest BCUT2D eigenvalue weighted by Crippen LogP contribution is -2.40. The minimum atomic E-state index is -3.90. The number of rotatable bonds is 6. The molecule has 4 aromatic rings. The van der Waals surface area contributed by atoms with Crippen molar-refractivity contribution in [2.75, 3.05) is 0 Å². The molecule has 1 aromatic heterocycles. The van der Waals surface area contributed by atoms with Crippen molar-refractivity contribution in [2.24, 2.45) is 0 Å². The Morgan fingerprint density at radius 3 is 2.36 bits per heavy atom. The van der Waals surface area contributed by atoms with Gasteiger partial charge in [-0.2, -0.15) is 4.72 Å². The zero-order valence-corrected chi connectivity index (χ0v) is 18.8. The molecule has 0 amide bonds. The van der Waals surface area contributed by atoms with Crippen LogP contribution in [0.2, 0.25) is 0 Å². The topological polar surface area (TPSA) is 103 Å². The Labute approximate surface area is 190 Å². The predicted molar refractivity (Wildman–Crippen MR) is 125 cm³/mol. The molecule has 1 heterocycles. The van der Waals surface area contributed by atoms with Gasteiger partial charge >= 0.3 is 11.6 Å². The fourth-order valence-electron chi connectivity index (χ4n) is 3.33. The summed E-state index contributed by atoms with van der Waals surface area (Å²) in [6.07, 6.45) is 0. The highest BCUT2D eigenvalue weighted by Crippen LogP contribution is 2.29. The Bertz CT molecular complexity index is 1480. The van der Waals surface area contributed by atoms with Crippen molar-refractivity contribution in [3.05, 3.63) is 94.8 Å². The van der Waals surface area contributed by atoms with Crippen molar-refractivity contribution < 1.29 is 22.4 Å². The number of nitrogens with one attached hydrogen (secondary N) is 1. The van der Waals surface area contributed by atoms with Gasteiger partial charge in [0.25, 0.3) is 0 Å². The van der Waals surface area contributed by atoms with Crippen molar-refractivity contribution in [1.29, 1.82) is 0 Å². The Morgan fingerprint density at radius 2 is 1.67 bits per heavy atom. The van der Waals surface area contributed by atoms with E-state index < -0.39 is 27.7 Å². The quantitative estimate of drug-likeness (QED) is 0.263. The summed E-state index contributed by atoms with van der Waals surface area (Å²) in [6.45, 7) is 3.24. The van der Waals surface area contributed by atoms with E-state index in [1.54, 1.807) is 24.3 Å². The third-order valence-corrected chi connectivity index (χ3v) is 6.59. The van der Waals surface area contributed by atoms with Gasteiger partial charge in [-0.25, -0.2) is 18.0 Å². The van der Waals surface area contributed by atoms with Crippen LogP contribution in [0.4, 0.5) is 0 Å². The number of aryl methyl sites for hydroxylation is 1. The molecule has 3 aromatic carbocycles. The van der Waals surface area contributed by atoms with Gasteiger partial charge in [-0.05, 0) is 49.2 Å². The zero-order valence-electron chi connectivity index (χ0n) is 17.9. The van der Waals surface area contributed by atoms with Crippen molar-refractivity contribution in [3.8, 4) is 16.9 Å². The highest BCUT2D eigenvalue weighted by Gasteiger charge is 2.24. The van der Waals surface area contributed by atoms with Crippen LogP contribution in [-0.4, -0.2) is 20.4 Å². The van der Waals surface area contributed by atoms with Crippen LogP contribution in [0, 0.1) is 6.92 Å². The van der Waals surface area contributed by atoms with Crippen LogP contribution < -0.4 is 15.1 Å². The van der Waals surface area contributed by atoms with E-state index >= 15 is 0 Å². The van der Waals surface area contributed by atoms with Gasteiger partial charge in [-0.15, -0.1) is 0 Å². The largest absolute Gasteiger partial charge is 0.425 e. The molecule has 0 aliphatic heterocycles. The number of fused-ring (bicyclic) bond motifs is 1. The molecule has 0 radical (unpaired) electrons. The highest BCUT2D eigenvalue weighted by molar-refractivity contribution is 7.89. The van der Waals surface area contributed by atoms with E-state index in [0.717, 1.165) is 11.1 Å². The van der Waals surface area contributed by atoms with Crippen molar-refractivity contribution in [2.45, 2.75) is 24.8 Å². The lowest BCUT2D eigenvalue weighted by Gasteiger charge is -2.14. The molecular weight excluding hydrogens is 442 g/mol. The first-order chi connectivity index (χ1) is 15.7. The van der Waals surface area contributed by atoms with Crippen LogP contribution in [0.25, 0.3) is 22.1 Å². The number of hydrogen-bond acceptors (Lipinski definition) is 6. The number of carbonyl (C=O) groups excluding carboxylic acids is 1. The lowest BCUT2D eigenvalue weighted by atomic mass is 10.0. The van der Waals surface area contributed by atoms with E-state index in [1.807, 2.05) is 37.3 Å². The minimum absolute atomic E-state index is 0.0497.